The lowest BCUT2D eigenvalue weighted by atomic mass is 10.1. The van der Waals surface area contributed by atoms with Gasteiger partial charge in [-0.3, -0.25) is 9.36 Å². The molecule has 2 aromatic carbocycles. The average molecular weight is 763 g/mol. The van der Waals surface area contributed by atoms with E-state index in [1.54, 1.807) is 52.9 Å². The maximum Gasteiger partial charge on any atom is 0.416 e. The Morgan fingerprint density at radius 1 is 1.06 bits per heavy atom. The second-order valence-corrected chi connectivity index (χ2v) is 15.3. The molecule has 3 aromatic heterocycles. The molecule has 1 amide bonds. The molecular weight excluding hydrogens is 733 g/mol. The van der Waals surface area contributed by atoms with E-state index in [4.69, 9.17) is 0 Å². The number of nitrogens with zero attached hydrogens (tertiary/aromatic N) is 7. The van der Waals surface area contributed by atoms with Crippen LogP contribution in [0.15, 0.2) is 80.5 Å². The Hall–Kier alpha value is -4.31. The van der Waals surface area contributed by atoms with Crippen LogP contribution >= 0.6 is 26.8 Å². The fourth-order valence-electron chi connectivity index (χ4n) is 7.02. The molecule has 0 aliphatic carbocycles. The molecular formula is C33H29BrF5N7O2S. The number of anilines is 1. The van der Waals surface area contributed by atoms with Crippen molar-refractivity contribution in [3.8, 4) is 0 Å². The SMILES string of the molecule is C=CC(=O)N1[C@H](C)CN(c2nc(=O)n3c4c(cc(C(F)(F)F)cc24)[SH](c2cc(Br)c(F)cc2F)C[C@@H](n2ncc4cccnc42)C3)C[C@@H]1C. The van der Waals surface area contributed by atoms with E-state index in [1.807, 2.05) is 0 Å². The van der Waals surface area contributed by atoms with Crippen molar-refractivity contribution in [1.82, 2.24) is 29.2 Å². The third-order valence-corrected chi connectivity index (χ3v) is 12.3. The van der Waals surface area contributed by atoms with Gasteiger partial charge in [0.2, 0.25) is 5.91 Å². The van der Waals surface area contributed by atoms with Crippen molar-refractivity contribution in [3.05, 3.63) is 93.6 Å². The lowest BCUT2D eigenvalue weighted by Gasteiger charge is -2.44. The first-order valence-electron chi connectivity index (χ1n) is 15.3. The van der Waals surface area contributed by atoms with Gasteiger partial charge in [-0.25, -0.2) is 23.2 Å². The fraction of sp³-hybridized carbons (Fsp3) is 0.303. The Labute approximate surface area is 287 Å². The molecule has 49 heavy (non-hydrogen) atoms. The van der Waals surface area contributed by atoms with Gasteiger partial charge < -0.3 is 9.80 Å². The molecule has 7 rings (SSSR count). The first-order chi connectivity index (χ1) is 23.3. The minimum atomic E-state index is -4.81. The molecule has 5 heterocycles. The molecule has 1 saturated heterocycles. The number of halogens is 6. The monoisotopic (exact) mass is 761 g/mol. The van der Waals surface area contributed by atoms with Crippen molar-refractivity contribution >= 4 is 60.5 Å². The topological polar surface area (TPSA) is 89.2 Å². The summed E-state index contributed by atoms with van der Waals surface area (Å²) in [5.74, 6) is -1.98. The van der Waals surface area contributed by atoms with Crippen LogP contribution in [0.3, 0.4) is 0 Å². The van der Waals surface area contributed by atoms with E-state index < -0.39 is 46.0 Å². The minimum absolute atomic E-state index is 0.0105. The summed E-state index contributed by atoms with van der Waals surface area (Å²) in [5.41, 5.74) is -1.04. The number of hydrogen-bond donors (Lipinski definition) is 1. The van der Waals surface area contributed by atoms with Crippen molar-refractivity contribution in [1.29, 1.82) is 0 Å². The van der Waals surface area contributed by atoms with E-state index in [9.17, 15) is 27.2 Å². The molecule has 0 N–H and O–H groups in total. The summed E-state index contributed by atoms with van der Waals surface area (Å²) in [4.78, 5) is 39.0. The molecule has 1 fully saturated rings. The standard InChI is InChI=1S/C33H29BrF5N7O2S/c1-4-28(47)45-17(2)13-43(14-18(45)3)31-22-8-20(33(37,38)39)9-27-29(22)44(32(48)42-31)15-21(46-30-19(12-41-46)6-5-7-40-30)16-49(27)26-10-23(34)24(35)11-25(26)36/h4-12,17-18,21,49H,1,13-16H2,2-3H3/t17-,18+,21-/m0/s1. The van der Waals surface area contributed by atoms with Gasteiger partial charge in [-0.05, 0) is 66.2 Å². The van der Waals surface area contributed by atoms with Crippen molar-refractivity contribution < 1.29 is 26.7 Å². The Bertz CT molecular complexity index is 2210. The maximum absolute atomic E-state index is 15.8. The van der Waals surface area contributed by atoms with E-state index in [-0.39, 0.29) is 74.4 Å². The number of benzene rings is 2. The first kappa shape index (κ1) is 33.2. The smallest absolute Gasteiger partial charge is 0.352 e. The van der Waals surface area contributed by atoms with E-state index >= 15 is 4.39 Å². The predicted octanol–water partition coefficient (Wildman–Crippen LogP) is 6.49. The molecule has 0 bridgehead atoms. The van der Waals surface area contributed by atoms with Gasteiger partial charge in [-0.2, -0.15) is 34.1 Å². The van der Waals surface area contributed by atoms with Crippen LogP contribution in [0.4, 0.5) is 27.8 Å². The second-order valence-electron chi connectivity index (χ2n) is 12.3. The number of fused-ring (bicyclic) bond motifs is 1. The highest BCUT2D eigenvalue weighted by molar-refractivity contribution is 9.10. The highest BCUT2D eigenvalue weighted by Gasteiger charge is 2.39. The molecule has 1 unspecified atom stereocenters. The number of piperazine rings is 1. The van der Waals surface area contributed by atoms with Gasteiger partial charge in [-0.15, -0.1) is 0 Å². The number of alkyl halides is 3. The van der Waals surface area contributed by atoms with Crippen LogP contribution in [0.25, 0.3) is 21.9 Å². The zero-order valence-electron chi connectivity index (χ0n) is 26.1. The largest absolute Gasteiger partial charge is 0.416 e. The number of pyridine rings is 1. The van der Waals surface area contributed by atoms with Crippen molar-refractivity contribution in [2.24, 2.45) is 0 Å². The van der Waals surface area contributed by atoms with Gasteiger partial charge in [0, 0.05) is 63.8 Å². The zero-order valence-corrected chi connectivity index (χ0v) is 28.6. The number of hydrogen-bond acceptors (Lipinski definition) is 6. The first-order valence-corrected chi connectivity index (χ1v) is 17.6. The summed E-state index contributed by atoms with van der Waals surface area (Å²) in [6.45, 7) is 7.49. The Balaban J connectivity index is 1.51. The number of thiol groups is 1. The van der Waals surface area contributed by atoms with Crippen molar-refractivity contribution in [2.75, 3.05) is 23.7 Å². The van der Waals surface area contributed by atoms with Crippen LogP contribution in [-0.4, -0.2) is 66.0 Å². The Morgan fingerprint density at radius 3 is 2.49 bits per heavy atom. The molecule has 9 nitrogen and oxygen atoms in total. The van der Waals surface area contributed by atoms with Gasteiger partial charge in [0.25, 0.3) is 0 Å². The minimum Gasteiger partial charge on any atom is -0.352 e. The van der Waals surface area contributed by atoms with E-state index in [0.29, 0.717) is 17.1 Å². The van der Waals surface area contributed by atoms with Crippen LogP contribution in [0.1, 0.15) is 25.5 Å². The van der Waals surface area contributed by atoms with Gasteiger partial charge in [0.15, 0.2) is 5.65 Å². The van der Waals surface area contributed by atoms with Gasteiger partial charge in [-0.1, -0.05) is 6.58 Å². The third-order valence-electron chi connectivity index (χ3n) is 9.07. The molecule has 0 radical (unpaired) electrons. The van der Waals surface area contributed by atoms with Crippen LogP contribution in [0.5, 0.6) is 0 Å². The summed E-state index contributed by atoms with van der Waals surface area (Å²) in [6.07, 6.45) is -0.432. The van der Waals surface area contributed by atoms with Gasteiger partial charge in [0.05, 0.1) is 34.3 Å². The normalized spacial score (nSPS) is 22.0. The van der Waals surface area contributed by atoms with Crippen LogP contribution in [-0.2, 0) is 17.5 Å². The molecule has 0 spiro atoms. The molecule has 5 aromatic rings. The molecule has 2 aliphatic rings. The molecule has 4 atom stereocenters. The lowest BCUT2D eigenvalue weighted by Crippen LogP contribution is -2.58. The summed E-state index contributed by atoms with van der Waals surface area (Å²) < 4.78 is 77.3. The fourth-order valence-corrected chi connectivity index (χ4v) is 10.3. The summed E-state index contributed by atoms with van der Waals surface area (Å²) in [7, 11) is -2.02. The third kappa shape index (κ3) is 5.67. The van der Waals surface area contributed by atoms with Crippen LogP contribution < -0.4 is 10.6 Å². The van der Waals surface area contributed by atoms with E-state index in [0.717, 1.165) is 12.1 Å². The predicted molar refractivity (Wildman–Crippen MR) is 180 cm³/mol. The highest BCUT2D eigenvalue weighted by atomic mass is 79.9. The van der Waals surface area contributed by atoms with E-state index in [1.165, 1.54) is 16.7 Å². The number of amides is 1. The van der Waals surface area contributed by atoms with E-state index in [2.05, 4.69) is 37.6 Å². The second kappa shape index (κ2) is 12.2. The molecule has 2 aliphatic heterocycles. The summed E-state index contributed by atoms with van der Waals surface area (Å²) in [5, 5.41) is 5.29. The average Bonchev–Trinajstić information content (AvgIpc) is 3.40. The number of rotatable bonds is 4. The summed E-state index contributed by atoms with van der Waals surface area (Å²) in [6, 6.07) is 6.00. The Morgan fingerprint density at radius 2 is 1.80 bits per heavy atom. The summed E-state index contributed by atoms with van der Waals surface area (Å²) >= 11 is 3.13. The van der Waals surface area contributed by atoms with Crippen LogP contribution in [0.2, 0.25) is 0 Å². The van der Waals surface area contributed by atoms with Gasteiger partial charge in [0.1, 0.15) is 17.5 Å². The number of carbonyl (C=O) groups is 1. The quantitative estimate of drug-likeness (QED) is 0.0976. The van der Waals surface area contributed by atoms with Crippen LogP contribution in [0, 0.1) is 11.6 Å². The molecule has 16 heteroatoms. The molecule has 256 valence electrons. The lowest BCUT2D eigenvalue weighted by molar-refractivity contribution is -0.137. The maximum atomic E-state index is 15.8. The number of aromatic nitrogens is 5. The zero-order chi connectivity index (χ0) is 34.9. The number of carbonyl (C=O) groups excluding carboxylic acids is 1. The highest BCUT2D eigenvalue weighted by Crippen LogP contribution is 2.54. The van der Waals surface area contributed by atoms with Gasteiger partial charge >= 0.3 is 11.9 Å². The van der Waals surface area contributed by atoms with Crippen molar-refractivity contribution in [3.63, 3.8) is 0 Å². The molecule has 0 saturated carbocycles. The Kier molecular flexibility index (Phi) is 8.29. The van der Waals surface area contributed by atoms with Crippen molar-refractivity contribution in [2.45, 2.75) is 54.5 Å².